The predicted octanol–water partition coefficient (Wildman–Crippen LogP) is 2.56. The summed E-state index contributed by atoms with van der Waals surface area (Å²) in [6.07, 6.45) is 6.14. The zero-order chi connectivity index (χ0) is 8.04. The Morgan fingerprint density at radius 1 is 1.30 bits per heavy atom. The molecule has 0 heterocycles. The van der Waals surface area contributed by atoms with E-state index in [2.05, 4.69) is 19.6 Å². The Bertz CT molecular complexity index is 75.8. The van der Waals surface area contributed by atoms with Crippen molar-refractivity contribution in [2.45, 2.75) is 50.8 Å². The van der Waals surface area contributed by atoms with Gasteiger partial charge in [-0.3, -0.25) is 0 Å². The van der Waals surface area contributed by atoms with Crippen LogP contribution in [0.4, 0.5) is 0 Å². The molecule has 1 nitrogen and oxygen atoms in total. The van der Waals surface area contributed by atoms with Crippen LogP contribution in [0.3, 0.4) is 0 Å². The number of rotatable bonds is 5. The number of nitrogens with two attached hydrogens (primary N) is 1. The minimum Gasteiger partial charge on any atom is -0.317 e. The van der Waals surface area contributed by atoms with Crippen molar-refractivity contribution in [3.8, 4) is 0 Å². The van der Waals surface area contributed by atoms with Crippen LogP contribution in [-0.4, -0.2) is 4.87 Å². The zero-order valence-corrected chi connectivity index (χ0v) is 7.95. The largest absolute Gasteiger partial charge is 0.317 e. The van der Waals surface area contributed by atoms with Crippen molar-refractivity contribution >= 4 is 12.6 Å². The third-order valence-electron chi connectivity index (χ3n) is 1.54. The van der Waals surface area contributed by atoms with E-state index in [1.807, 2.05) is 6.92 Å². The highest BCUT2D eigenvalue weighted by atomic mass is 32.1. The van der Waals surface area contributed by atoms with Crippen LogP contribution < -0.4 is 5.73 Å². The topological polar surface area (TPSA) is 26.0 Å². The highest BCUT2D eigenvalue weighted by Crippen LogP contribution is 2.15. The summed E-state index contributed by atoms with van der Waals surface area (Å²) >= 11 is 4.23. The molecule has 10 heavy (non-hydrogen) atoms. The molecule has 0 aliphatic heterocycles. The van der Waals surface area contributed by atoms with E-state index in [0.29, 0.717) is 0 Å². The van der Waals surface area contributed by atoms with Crippen LogP contribution in [-0.2, 0) is 0 Å². The van der Waals surface area contributed by atoms with Crippen LogP contribution in [0.1, 0.15) is 46.0 Å². The molecule has 0 aromatic carbocycles. The maximum absolute atomic E-state index is 5.68. The van der Waals surface area contributed by atoms with Gasteiger partial charge in [-0.15, -0.1) is 0 Å². The van der Waals surface area contributed by atoms with Crippen molar-refractivity contribution in [3.63, 3.8) is 0 Å². The summed E-state index contributed by atoms with van der Waals surface area (Å²) in [5.41, 5.74) is 5.68. The lowest BCUT2D eigenvalue weighted by Crippen LogP contribution is -2.28. The van der Waals surface area contributed by atoms with Crippen LogP contribution >= 0.6 is 12.6 Å². The van der Waals surface area contributed by atoms with Gasteiger partial charge in [-0.1, -0.05) is 32.6 Å². The smallest absolute Gasteiger partial charge is 0.0562 e. The number of unbranched alkanes of at least 4 members (excludes halogenated alkanes) is 3. The van der Waals surface area contributed by atoms with Crippen molar-refractivity contribution in [2.24, 2.45) is 5.73 Å². The van der Waals surface area contributed by atoms with E-state index < -0.39 is 0 Å². The third kappa shape index (κ3) is 8.31. The van der Waals surface area contributed by atoms with Gasteiger partial charge >= 0.3 is 0 Å². The summed E-state index contributed by atoms with van der Waals surface area (Å²) in [5, 5.41) is 0. The Morgan fingerprint density at radius 2 is 1.90 bits per heavy atom. The Morgan fingerprint density at radius 3 is 2.30 bits per heavy atom. The quantitative estimate of drug-likeness (QED) is 0.362. The molecule has 1 atom stereocenters. The van der Waals surface area contributed by atoms with Gasteiger partial charge in [0, 0.05) is 0 Å². The summed E-state index contributed by atoms with van der Waals surface area (Å²) in [6.45, 7) is 4.17. The predicted molar refractivity (Wildman–Crippen MR) is 50.3 cm³/mol. The normalized spacial score (nSPS) is 16.8. The fraction of sp³-hybridized carbons (Fsp3) is 1.00. The first-order valence-electron chi connectivity index (χ1n) is 4.07. The third-order valence-corrected chi connectivity index (χ3v) is 1.76. The van der Waals surface area contributed by atoms with Crippen LogP contribution in [0.25, 0.3) is 0 Å². The molecule has 0 fully saturated rings. The molecule has 2 heteroatoms. The molecule has 0 saturated carbocycles. The second-order valence-corrected chi connectivity index (χ2v) is 4.19. The zero-order valence-electron chi connectivity index (χ0n) is 7.06. The first-order valence-corrected chi connectivity index (χ1v) is 4.52. The minimum absolute atomic E-state index is 0.256. The maximum Gasteiger partial charge on any atom is 0.0562 e. The molecule has 0 saturated heterocycles. The van der Waals surface area contributed by atoms with Gasteiger partial charge in [-0.2, -0.15) is 12.6 Å². The van der Waals surface area contributed by atoms with E-state index >= 15 is 0 Å². The van der Waals surface area contributed by atoms with E-state index in [-0.39, 0.29) is 4.87 Å². The highest BCUT2D eigenvalue weighted by molar-refractivity contribution is 7.81. The van der Waals surface area contributed by atoms with Gasteiger partial charge in [0.2, 0.25) is 0 Å². The molecule has 62 valence electrons. The molecule has 0 aliphatic rings. The van der Waals surface area contributed by atoms with Crippen molar-refractivity contribution in [1.29, 1.82) is 0 Å². The lowest BCUT2D eigenvalue weighted by molar-refractivity contribution is 0.546. The summed E-state index contributed by atoms with van der Waals surface area (Å²) in [7, 11) is 0. The van der Waals surface area contributed by atoms with Gasteiger partial charge < -0.3 is 5.73 Å². The van der Waals surface area contributed by atoms with Crippen molar-refractivity contribution < 1.29 is 0 Å². The molecule has 0 radical (unpaired) electrons. The first kappa shape index (κ1) is 10.3. The van der Waals surface area contributed by atoms with Crippen molar-refractivity contribution in [3.05, 3.63) is 0 Å². The number of thiol groups is 1. The summed E-state index contributed by atoms with van der Waals surface area (Å²) in [5.74, 6) is 0. The monoisotopic (exact) mass is 161 g/mol. The fourth-order valence-corrected chi connectivity index (χ4v) is 1.07. The molecule has 2 N–H and O–H groups in total. The Balaban J connectivity index is 3.04. The molecular weight excluding hydrogens is 142 g/mol. The highest BCUT2D eigenvalue weighted by Gasteiger charge is 2.09. The van der Waals surface area contributed by atoms with E-state index in [9.17, 15) is 0 Å². The molecule has 0 aliphatic carbocycles. The molecule has 0 amide bonds. The lowest BCUT2D eigenvalue weighted by atomic mass is 10.1. The lowest BCUT2D eigenvalue weighted by Gasteiger charge is -2.16. The Hall–Kier alpha value is 0.310. The summed E-state index contributed by atoms with van der Waals surface area (Å²) in [4.78, 5) is -0.256. The number of hydrogen-bond donors (Lipinski definition) is 2. The van der Waals surface area contributed by atoms with Crippen molar-refractivity contribution in [2.75, 3.05) is 0 Å². The second kappa shape index (κ2) is 5.03. The summed E-state index contributed by atoms with van der Waals surface area (Å²) < 4.78 is 0. The van der Waals surface area contributed by atoms with Crippen LogP contribution in [0.2, 0.25) is 0 Å². The van der Waals surface area contributed by atoms with Gasteiger partial charge in [0.25, 0.3) is 0 Å². The Labute approximate surface area is 69.8 Å². The van der Waals surface area contributed by atoms with Gasteiger partial charge in [-0.25, -0.2) is 0 Å². The van der Waals surface area contributed by atoms with Crippen LogP contribution in [0.5, 0.6) is 0 Å². The van der Waals surface area contributed by atoms with Crippen LogP contribution in [0.15, 0.2) is 0 Å². The molecular formula is C8H19NS. The van der Waals surface area contributed by atoms with Crippen molar-refractivity contribution in [1.82, 2.24) is 0 Å². The molecule has 0 aromatic heterocycles. The molecule has 0 aromatic rings. The molecule has 0 rings (SSSR count). The molecule has 0 bridgehead atoms. The molecule has 0 spiro atoms. The van der Waals surface area contributed by atoms with Crippen LogP contribution in [0, 0.1) is 0 Å². The summed E-state index contributed by atoms with van der Waals surface area (Å²) in [6, 6.07) is 0. The van der Waals surface area contributed by atoms with E-state index in [1.54, 1.807) is 0 Å². The molecule has 1 unspecified atom stereocenters. The average Bonchev–Trinajstić information content (AvgIpc) is 1.78. The Kier molecular flexibility index (Phi) is 5.18. The fourth-order valence-electron chi connectivity index (χ4n) is 0.910. The number of hydrogen-bond acceptors (Lipinski definition) is 2. The second-order valence-electron chi connectivity index (χ2n) is 3.17. The van der Waals surface area contributed by atoms with E-state index in [1.165, 1.54) is 25.7 Å². The van der Waals surface area contributed by atoms with Gasteiger partial charge in [0.05, 0.1) is 4.87 Å². The maximum atomic E-state index is 5.68. The van der Waals surface area contributed by atoms with Gasteiger partial charge in [0.15, 0.2) is 0 Å². The SMILES string of the molecule is CCCCCCC(C)(N)S. The van der Waals surface area contributed by atoms with E-state index in [0.717, 1.165) is 6.42 Å². The first-order chi connectivity index (χ1) is 4.56. The average molecular weight is 161 g/mol. The van der Waals surface area contributed by atoms with E-state index in [4.69, 9.17) is 5.73 Å². The standard InChI is InChI=1S/C8H19NS/c1-3-4-5-6-7-8(2,9)10/h10H,3-7,9H2,1-2H3. The van der Waals surface area contributed by atoms with Gasteiger partial charge in [0.1, 0.15) is 0 Å². The van der Waals surface area contributed by atoms with Gasteiger partial charge in [-0.05, 0) is 13.3 Å². The minimum atomic E-state index is -0.256.